The molecule has 0 unspecified atom stereocenters. The van der Waals surface area contributed by atoms with Gasteiger partial charge in [0.25, 0.3) is 0 Å². The molecular weight excluding hydrogens is 417 g/mol. The van der Waals surface area contributed by atoms with Gasteiger partial charge < -0.3 is 4.43 Å². The van der Waals surface area contributed by atoms with E-state index in [0.29, 0.717) is 19.7 Å². The third kappa shape index (κ3) is 4.35. The fourth-order valence-corrected chi connectivity index (χ4v) is 5.85. The molecule has 5 heteroatoms. The number of benzene rings is 2. The molecule has 0 N–H and O–H groups in total. The van der Waals surface area contributed by atoms with Crippen LogP contribution in [0.3, 0.4) is 0 Å². The van der Waals surface area contributed by atoms with Gasteiger partial charge in [-0.15, -0.1) is 0 Å². The van der Waals surface area contributed by atoms with Crippen LogP contribution >= 0.6 is 0 Å². The van der Waals surface area contributed by atoms with Gasteiger partial charge in [0.2, 0.25) is 0 Å². The zero-order valence-corrected chi connectivity index (χ0v) is 21.0. The van der Waals surface area contributed by atoms with Crippen LogP contribution < -0.4 is 0 Å². The van der Waals surface area contributed by atoms with Crippen LogP contribution in [0.25, 0.3) is 0 Å². The van der Waals surface area contributed by atoms with E-state index in [2.05, 4.69) is 63.0 Å². The summed E-state index contributed by atoms with van der Waals surface area (Å²) < 4.78 is 22.0. The molecule has 2 aliphatic carbocycles. The molecule has 0 saturated heterocycles. The zero-order valence-electron chi connectivity index (χ0n) is 20.0. The molecule has 172 valence electrons. The molecule has 0 aliphatic heterocycles. The lowest BCUT2D eigenvalue weighted by molar-refractivity contribution is -0.129. The molecule has 0 spiro atoms. The van der Waals surface area contributed by atoms with Crippen LogP contribution in [0, 0.1) is 11.3 Å². The average molecular weight is 454 g/mol. The summed E-state index contributed by atoms with van der Waals surface area (Å²) in [7, 11) is -2.00. The van der Waals surface area contributed by atoms with E-state index in [1.54, 1.807) is 0 Å². The second-order valence-corrected chi connectivity index (χ2v) is 16.0. The molecule has 3 nitrogen and oxygen atoms in total. The first kappa shape index (κ1) is 23.3. The Morgan fingerprint density at radius 3 is 1.97 bits per heavy atom. The van der Waals surface area contributed by atoms with E-state index in [1.807, 2.05) is 36.4 Å². The number of hydrogen-bond donors (Lipinski definition) is 0. The second-order valence-electron chi connectivity index (χ2n) is 11.1. The molecule has 2 aromatic carbocycles. The number of alkyl halides is 1. The Morgan fingerprint density at radius 1 is 1.00 bits per heavy atom. The summed E-state index contributed by atoms with van der Waals surface area (Å²) in [4.78, 5) is 15.4. The number of nitrogens with zero attached hydrogens (tertiary/aromatic N) is 1. The maximum atomic E-state index is 15.6. The van der Waals surface area contributed by atoms with Gasteiger partial charge in [-0.05, 0) is 41.6 Å². The van der Waals surface area contributed by atoms with Crippen molar-refractivity contribution in [2.75, 3.05) is 6.61 Å². The Labute approximate surface area is 193 Å². The number of carbonyl (C=O) groups is 1. The van der Waals surface area contributed by atoms with E-state index in [1.165, 1.54) is 0 Å². The number of rotatable bonds is 8. The van der Waals surface area contributed by atoms with Gasteiger partial charge in [-0.1, -0.05) is 81.4 Å². The number of hydrogen-bond acceptors (Lipinski definition) is 3. The van der Waals surface area contributed by atoms with Crippen molar-refractivity contribution in [3.05, 3.63) is 71.8 Å². The molecule has 4 atom stereocenters. The van der Waals surface area contributed by atoms with Gasteiger partial charge in [0.1, 0.15) is 0 Å². The number of halogens is 1. The molecule has 2 fully saturated rings. The molecule has 0 radical (unpaired) electrons. The smallest absolute Gasteiger partial charge is 0.192 e. The normalized spacial score (nSPS) is 27.6. The number of fused-ring (bicyclic) bond motifs is 1. The van der Waals surface area contributed by atoms with Gasteiger partial charge in [0.15, 0.2) is 20.3 Å². The summed E-state index contributed by atoms with van der Waals surface area (Å²) in [5.74, 6) is -0.209. The van der Waals surface area contributed by atoms with Crippen LogP contribution in [0.2, 0.25) is 18.1 Å². The van der Waals surface area contributed by atoms with Crippen molar-refractivity contribution >= 4 is 14.1 Å². The van der Waals surface area contributed by atoms with Crippen molar-refractivity contribution in [2.24, 2.45) is 11.3 Å². The first-order chi connectivity index (χ1) is 15.1. The van der Waals surface area contributed by atoms with E-state index >= 15 is 4.39 Å². The van der Waals surface area contributed by atoms with E-state index in [4.69, 9.17) is 4.43 Å². The summed E-state index contributed by atoms with van der Waals surface area (Å²) in [6, 6.07) is 19.9. The Balaban J connectivity index is 1.56. The molecule has 4 rings (SSSR count). The van der Waals surface area contributed by atoms with Crippen LogP contribution in [-0.2, 0) is 22.3 Å². The Bertz CT molecular complexity index is 902. The largest absolute Gasteiger partial charge is 0.416 e. The van der Waals surface area contributed by atoms with Gasteiger partial charge in [-0.3, -0.25) is 9.69 Å². The summed E-state index contributed by atoms with van der Waals surface area (Å²) in [5.41, 5.74) is 1.64. The monoisotopic (exact) mass is 453 g/mol. The van der Waals surface area contributed by atoms with Crippen LogP contribution in [0.4, 0.5) is 4.39 Å². The quantitative estimate of drug-likeness (QED) is 0.459. The van der Waals surface area contributed by atoms with Crippen LogP contribution in [0.15, 0.2) is 60.7 Å². The third-order valence-corrected chi connectivity index (χ3v) is 12.4. The summed E-state index contributed by atoms with van der Waals surface area (Å²) in [6.45, 7) is 12.6. The van der Waals surface area contributed by atoms with Crippen LogP contribution in [0.5, 0.6) is 0 Å². The Hall–Kier alpha value is -1.82. The molecule has 0 aromatic heterocycles. The molecular formula is C27H36FNO2Si. The van der Waals surface area contributed by atoms with Crippen molar-refractivity contribution in [3.63, 3.8) is 0 Å². The minimum atomic E-state index is -2.00. The summed E-state index contributed by atoms with van der Waals surface area (Å²) in [6.07, 6.45) is -0.713. The van der Waals surface area contributed by atoms with Crippen molar-refractivity contribution in [1.29, 1.82) is 0 Å². The number of Topliss-reactive ketones (excluding diaryl/α,β-unsaturated/α-hetero) is 1. The molecule has 0 bridgehead atoms. The third-order valence-electron chi connectivity index (χ3n) is 7.96. The van der Waals surface area contributed by atoms with Gasteiger partial charge in [0, 0.05) is 19.7 Å². The minimum Gasteiger partial charge on any atom is -0.416 e. The standard InChI is InChI=1S/C27H36FNO2Si/c1-26(2,3)32(4,5)31-19-27-16-22(27)24(23(28)25(27)30)29(17-20-12-8-6-9-13-20)18-21-14-10-7-11-15-21/h6-15,22-24H,16-19H2,1-5H3/t22-,23+,24-,27+/m1/s1. The van der Waals surface area contributed by atoms with Gasteiger partial charge in [0.05, 0.1) is 11.5 Å². The van der Waals surface area contributed by atoms with Gasteiger partial charge in [-0.2, -0.15) is 0 Å². The Kier molecular flexibility index (Phi) is 6.21. The first-order valence-corrected chi connectivity index (χ1v) is 14.6. The number of ketones is 1. The molecule has 32 heavy (non-hydrogen) atoms. The molecule has 0 heterocycles. The lowest BCUT2D eigenvalue weighted by Crippen LogP contribution is -2.43. The zero-order chi connectivity index (χ0) is 23.1. The summed E-state index contributed by atoms with van der Waals surface area (Å²) in [5, 5.41) is 0.0663. The second kappa shape index (κ2) is 8.51. The predicted octanol–water partition coefficient (Wildman–Crippen LogP) is 6.01. The summed E-state index contributed by atoms with van der Waals surface area (Å²) >= 11 is 0. The first-order valence-electron chi connectivity index (χ1n) is 11.7. The van der Waals surface area contributed by atoms with Crippen molar-refractivity contribution in [1.82, 2.24) is 4.90 Å². The SMILES string of the molecule is CC(C)(C)[Si](C)(C)OC[C@@]12C[C@@H]1[C@@H](N(Cc1ccccc1)Cc1ccccc1)[C@H](F)C2=O. The topological polar surface area (TPSA) is 29.5 Å². The van der Waals surface area contributed by atoms with E-state index in [-0.39, 0.29) is 16.7 Å². The fourth-order valence-electron chi connectivity index (χ4n) is 4.80. The Morgan fingerprint density at radius 2 is 1.50 bits per heavy atom. The highest BCUT2D eigenvalue weighted by Crippen LogP contribution is 2.64. The van der Waals surface area contributed by atoms with Crippen LogP contribution in [0.1, 0.15) is 38.3 Å². The molecule has 2 aliphatic rings. The highest BCUT2D eigenvalue weighted by molar-refractivity contribution is 6.74. The predicted molar refractivity (Wildman–Crippen MR) is 130 cm³/mol. The van der Waals surface area contributed by atoms with Crippen molar-refractivity contribution in [2.45, 2.75) is 70.6 Å². The van der Waals surface area contributed by atoms with E-state index in [9.17, 15) is 4.79 Å². The fraction of sp³-hybridized carbons (Fsp3) is 0.519. The molecule has 2 saturated carbocycles. The molecule has 0 amide bonds. The lowest BCUT2D eigenvalue weighted by Gasteiger charge is -2.37. The van der Waals surface area contributed by atoms with Crippen LogP contribution in [-0.4, -0.2) is 37.8 Å². The minimum absolute atomic E-state index is 0.0298. The van der Waals surface area contributed by atoms with Crippen molar-refractivity contribution < 1.29 is 13.6 Å². The van der Waals surface area contributed by atoms with Gasteiger partial charge >= 0.3 is 0 Å². The van der Waals surface area contributed by atoms with Gasteiger partial charge in [-0.25, -0.2) is 4.39 Å². The average Bonchev–Trinajstić information content (AvgIpc) is 3.42. The maximum Gasteiger partial charge on any atom is 0.192 e. The number of carbonyl (C=O) groups excluding carboxylic acids is 1. The highest BCUT2D eigenvalue weighted by atomic mass is 28.4. The lowest BCUT2D eigenvalue weighted by atomic mass is 10.0. The van der Waals surface area contributed by atoms with E-state index in [0.717, 1.165) is 17.5 Å². The van der Waals surface area contributed by atoms with E-state index < -0.39 is 25.9 Å². The molecule has 2 aromatic rings. The highest BCUT2D eigenvalue weighted by Gasteiger charge is 2.73. The van der Waals surface area contributed by atoms with Crippen molar-refractivity contribution in [3.8, 4) is 0 Å². The maximum absolute atomic E-state index is 15.6.